The molecule has 3 rings (SSSR count). The van der Waals surface area contributed by atoms with Gasteiger partial charge in [0.2, 0.25) is 0 Å². The van der Waals surface area contributed by atoms with Crippen molar-refractivity contribution in [2.24, 2.45) is 7.05 Å². The molecule has 0 radical (unpaired) electrons. The van der Waals surface area contributed by atoms with Crippen molar-refractivity contribution in [3.05, 3.63) is 35.0 Å². The summed E-state index contributed by atoms with van der Waals surface area (Å²) in [6.07, 6.45) is -2.90. The average molecular weight is 339 g/mol. The van der Waals surface area contributed by atoms with Gasteiger partial charge in [-0.3, -0.25) is 4.68 Å². The van der Waals surface area contributed by atoms with E-state index in [0.717, 1.165) is 15.8 Å². The molecule has 0 saturated carbocycles. The Hall–Kier alpha value is -2.65. The van der Waals surface area contributed by atoms with E-state index in [1.807, 2.05) is 20.9 Å². The van der Waals surface area contributed by atoms with E-state index in [-0.39, 0.29) is 11.8 Å². The van der Waals surface area contributed by atoms with Crippen LogP contribution >= 0.6 is 0 Å². The smallest absolute Gasteiger partial charge is 0.363 e. The molecule has 0 aliphatic rings. The molecule has 3 aromatic rings. The number of anilines is 1. The minimum atomic E-state index is -4.62. The Labute approximate surface area is 135 Å². The molecular formula is C14H16F3N7. The van der Waals surface area contributed by atoms with Crippen LogP contribution in [-0.2, 0) is 13.2 Å². The monoisotopic (exact) mass is 339 g/mol. The molecule has 3 aromatic heterocycles. The first kappa shape index (κ1) is 16.2. The van der Waals surface area contributed by atoms with E-state index < -0.39 is 12.0 Å². The molecule has 0 aliphatic heterocycles. The highest BCUT2D eigenvalue weighted by Gasteiger charge is 2.37. The third-order valence-corrected chi connectivity index (χ3v) is 3.80. The minimum Gasteiger partial charge on any atom is -0.363 e. The van der Waals surface area contributed by atoms with Gasteiger partial charge >= 0.3 is 6.18 Å². The van der Waals surface area contributed by atoms with Crippen LogP contribution in [0.2, 0.25) is 0 Å². The van der Waals surface area contributed by atoms with E-state index in [2.05, 4.69) is 25.5 Å². The van der Waals surface area contributed by atoms with Crippen LogP contribution in [-0.4, -0.2) is 29.4 Å². The van der Waals surface area contributed by atoms with E-state index in [9.17, 15) is 13.2 Å². The van der Waals surface area contributed by atoms with Gasteiger partial charge in [-0.25, -0.2) is 4.98 Å². The Morgan fingerprint density at radius 3 is 2.50 bits per heavy atom. The van der Waals surface area contributed by atoms with E-state index in [4.69, 9.17) is 0 Å². The van der Waals surface area contributed by atoms with Crippen LogP contribution in [0.25, 0.3) is 5.78 Å². The van der Waals surface area contributed by atoms with Crippen molar-refractivity contribution in [3.8, 4) is 0 Å². The van der Waals surface area contributed by atoms with Crippen molar-refractivity contribution >= 4 is 11.6 Å². The zero-order valence-corrected chi connectivity index (χ0v) is 13.5. The number of hydrogen-bond acceptors (Lipinski definition) is 5. The molecule has 0 saturated heterocycles. The first-order chi connectivity index (χ1) is 11.2. The van der Waals surface area contributed by atoms with Crippen molar-refractivity contribution in [3.63, 3.8) is 0 Å². The van der Waals surface area contributed by atoms with Crippen molar-refractivity contribution < 1.29 is 13.2 Å². The molecule has 0 aromatic carbocycles. The van der Waals surface area contributed by atoms with Crippen LogP contribution in [0.3, 0.4) is 0 Å². The zero-order valence-electron chi connectivity index (χ0n) is 13.5. The Morgan fingerprint density at radius 2 is 1.92 bits per heavy atom. The highest BCUT2D eigenvalue weighted by atomic mass is 19.4. The molecule has 0 fully saturated rings. The SMILES string of the molecule is Cc1cc(N[C@H](C)c2cnn(C)c2C)n2nc(C(F)(F)F)nc2n1. The fourth-order valence-electron chi connectivity index (χ4n) is 2.45. The second-order valence-corrected chi connectivity index (χ2v) is 5.60. The highest BCUT2D eigenvalue weighted by Crippen LogP contribution is 2.28. The van der Waals surface area contributed by atoms with Crippen LogP contribution in [0.4, 0.5) is 19.0 Å². The number of alkyl halides is 3. The molecule has 0 aliphatic carbocycles. The Kier molecular flexibility index (Phi) is 3.69. The third kappa shape index (κ3) is 2.79. The number of fused-ring (bicyclic) bond motifs is 1. The van der Waals surface area contributed by atoms with Crippen LogP contribution < -0.4 is 5.32 Å². The summed E-state index contributed by atoms with van der Waals surface area (Å²) in [6, 6.07) is 1.45. The summed E-state index contributed by atoms with van der Waals surface area (Å²) in [5.74, 6) is -0.926. The number of hydrogen-bond donors (Lipinski definition) is 1. The summed E-state index contributed by atoms with van der Waals surface area (Å²) in [4.78, 5) is 7.47. The molecule has 10 heteroatoms. The maximum atomic E-state index is 12.8. The van der Waals surface area contributed by atoms with Gasteiger partial charge in [0.25, 0.3) is 11.6 Å². The lowest BCUT2D eigenvalue weighted by molar-refractivity contribution is -0.144. The first-order valence-corrected chi connectivity index (χ1v) is 7.23. The molecule has 1 atom stereocenters. The van der Waals surface area contributed by atoms with Gasteiger partial charge in [-0.1, -0.05) is 0 Å². The lowest BCUT2D eigenvalue weighted by atomic mass is 10.1. The number of rotatable bonds is 3. The number of aryl methyl sites for hydroxylation is 2. The zero-order chi connectivity index (χ0) is 17.6. The predicted molar refractivity (Wildman–Crippen MR) is 80.5 cm³/mol. The highest BCUT2D eigenvalue weighted by molar-refractivity contribution is 5.47. The molecule has 7 nitrogen and oxygen atoms in total. The number of nitrogens with one attached hydrogen (secondary N) is 1. The second-order valence-electron chi connectivity index (χ2n) is 5.60. The Bertz CT molecular complexity index is 894. The van der Waals surface area contributed by atoms with Crippen molar-refractivity contribution in [2.45, 2.75) is 33.0 Å². The van der Waals surface area contributed by atoms with Crippen molar-refractivity contribution in [1.29, 1.82) is 0 Å². The third-order valence-electron chi connectivity index (χ3n) is 3.80. The van der Waals surface area contributed by atoms with Crippen LogP contribution in [0.5, 0.6) is 0 Å². The molecule has 0 bridgehead atoms. The maximum Gasteiger partial charge on any atom is 0.453 e. The molecule has 3 heterocycles. The fraction of sp³-hybridized carbons (Fsp3) is 0.429. The van der Waals surface area contributed by atoms with Gasteiger partial charge in [0.05, 0.1) is 12.2 Å². The van der Waals surface area contributed by atoms with E-state index in [1.54, 1.807) is 23.9 Å². The Morgan fingerprint density at radius 1 is 1.21 bits per heavy atom. The van der Waals surface area contributed by atoms with Gasteiger partial charge in [-0.2, -0.15) is 27.8 Å². The van der Waals surface area contributed by atoms with E-state index in [0.29, 0.717) is 11.5 Å². The molecule has 0 spiro atoms. The topological polar surface area (TPSA) is 72.9 Å². The predicted octanol–water partition coefficient (Wildman–Crippen LogP) is 2.67. The van der Waals surface area contributed by atoms with Gasteiger partial charge in [-0.05, 0) is 20.8 Å². The Balaban J connectivity index is 2.02. The summed E-state index contributed by atoms with van der Waals surface area (Å²) in [6.45, 7) is 5.51. The first-order valence-electron chi connectivity index (χ1n) is 7.23. The normalized spacial score (nSPS) is 13.5. The average Bonchev–Trinajstić information content (AvgIpc) is 3.03. The fourth-order valence-corrected chi connectivity index (χ4v) is 2.45. The van der Waals surface area contributed by atoms with Gasteiger partial charge in [0.15, 0.2) is 0 Å². The van der Waals surface area contributed by atoms with Gasteiger partial charge < -0.3 is 5.32 Å². The lowest BCUT2D eigenvalue weighted by Gasteiger charge is -2.16. The standard InChI is InChI=1S/C14H16F3N7/c1-7-5-11(20-8(2)10-6-18-23(4)9(10)3)24-13(19-7)21-12(22-24)14(15,16)17/h5-6,8,20H,1-4H3/t8-/m1/s1. The number of nitrogens with zero attached hydrogens (tertiary/aromatic N) is 6. The van der Waals surface area contributed by atoms with E-state index >= 15 is 0 Å². The summed E-state index contributed by atoms with van der Waals surface area (Å²) in [7, 11) is 1.83. The summed E-state index contributed by atoms with van der Waals surface area (Å²) in [5.41, 5.74) is 2.45. The van der Waals surface area contributed by atoms with E-state index in [1.165, 1.54) is 0 Å². The molecular weight excluding hydrogens is 323 g/mol. The molecule has 128 valence electrons. The molecule has 1 N–H and O–H groups in total. The van der Waals surface area contributed by atoms with Crippen LogP contribution in [0.15, 0.2) is 12.3 Å². The molecule has 0 amide bonds. The quantitative estimate of drug-likeness (QED) is 0.794. The van der Waals surface area contributed by atoms with Crippen LogP contribution in [0, 0.1) is 13.8 Å². The summed E-state index contributed by atoms with van der Waals surface area (Å²) >= 11 is 0. The van der Waals surface area contributed by atoms with Crippen molar-refractivity contribution in [2.75, 3.05) is 5.32 Å². The number of aromatic nitrogens is 6. The van der Waals surface area contributed by atoms with Crippen molar-refractivity contribution in [1.82, 2.24) is 29.4 Å². The lowest BCUT2D eigenvalue weighted by Crippen LogP contribution is -2.13. The summed E-state index contributed by atoms with van der Waals surface area (Å²) in [5, 5.41) is 10.9. The molecule has 24 heavy (non-hydrogen) atoms. The molecule has 0 unspecified atom stereocenters. The minimum absolute atomic E-state index is 0.0973. The van der Waals surface area contributed by atoms with Gasteiger partial charge in [-0.15, -0.1) is 5.10 Å². The van der Waals surface area contributed by atoms with Gasteiger partial charge in [0, 0.05) is 30.1 Å². The summed E-state index contributed by atoms with van der Waals surface area (Å²) < 4.78 is 41.3. The maximum absolute atomic E-state index is 12.8. The largest absolute Gasteiger partial charge is 0.453 e. The van der Waals surface area contributed by atoms with Crippen LogP contribution in [0.1, 0.15) is 35.7 Å². The van der Waals surface area contributed by atoms with Gasteiger partial charge in [0.1, 0.15) is 5.82 Å². The second kappa shape index (κ2) is 5.46. The number of halogens is 3.